The van der Waals surface area contributed by atoms with Gasteiger partial charge in [0.05, 0.1) is 5.56 Å². The number of amides is 3. The van der Waals surface area contributed by atoms with Crippen molar-refractivity contribution in [2.45, 2.75) is 86.6 Å². The Morgan fingerprint density at radius 3 is 2.12 bits per heavy atom. The molecule has 0 spiro atoms. The largest absolute Gasteiger partial charge is 0.382 e. The Kier molecular flexibility index (Phi) is 19.8. The lowest BCUT2D eigenvalue weighted by atomic mass is 9.91. The summed E-state index contributed by atoms with van der Waals surface area (Å²) >= 11 is 5.87. The molecule has 0 bridgehead atoms. The number of halogens is 1. The maximum absolute atomic E-state index is 13.4. The standard InChI is InChI=1S/C35H31ClN6O4.C10H18O2.C2H6/c1-22(43)30-7-4-8-31(33(30)23(2)44)39-26-13-17-42(18-14-26)34(45)25-6-3-5-24(19-25)9-10-27-20-28(11-15-37-27)40-35(46)41-29-12-16-38-32(36)21-29;1-4-10(12)6-5-9(7-11)8(2)3;1-2/h3-8,11-12,15-16,19-21,26,39H,13-14,17-18H2,1-2H3,(H2,37,38,40,41,46);7-9H,4-6H2,1-3H3;1-2H3. The second kappa shape index (κ2) is 24.7. The first kappa shape index (κ1) is 48.2. The number of aromatic nitrogens is 2. The van der Waals surface area contributed by atoms with Crippen molar-refractivity contribution in [1.29, 1.82) is 0 Å². The predicted molar refractivity (Wildman–Crippen MR) is 238 cm³/mol. The molecular weight excluding hydrogens is 780 g/mol. The van der Waals surface area contributed by atoms with E-state index < -0.39 is 6.03 Å². The highest BCUT2D eigenvalue weighted by atomic mass is 35.5. The van der Waals surface area contributed by atoms with Crippen molar-refractivity contribution >= 4 is 64.2 Å². The number of carbonyl (C=O) groups excluding carboxylic acids is 6. The Morgan fingerprint density at radius 2 is 1.52 bits per heavy atom. The molecule has 5 rings (SSSR count). The fourth-order valence-electron chi connectivity index (χ4n) is 6.25. The summed E-state index contributed by atoms with van der Waals surface area (Å²) < 4.78 is 0. The fourth-order valence-corrected chi connectivity index (χ4v) is 6.43. The summed E-state index contributed by atoms with van der Waals surface area (Å²) in [4.78, 5) is 81.6. The average Bonchev–Trinajstić information content (AvgIpc) is 3.24. The van der Waals surface area contributed by atoms with Crippen molar-refractivity contribution in [3.8, 4) is 11.8 Å². The number of rotatable bonds is 13. The van der Waals surface area contributed by atoms with Gasteiger partial charge < -0.3 is 25.6 Å². The molecule has 1 aliphatic rings. The van der Waals surface area contributed by atoms with Crippen LogP contribution in [0.2, 0.25) is 5.15 Å². The molecule has 3 N–H and O–H groups in total. The Labute approximate surface area is 358 Å². The Hall–Kier alpha value is -6.19. The quantitative estimate of drug-likeness (QED) is 0.0514. The minimum atomic E-state index is -0.457. The monoisotopic (exact) mass is 834 g/mol. The van der Waals surface area contributed by atoms with Crippen molar-refractivity contribution in [3.63, 3.8) is 0 Å². The molecule has 0 radical (unpaired) electrons. The van der Waals surface area contributed by atoms with Crippen molar-refractivity contribution in [1.82, 2.24) is 14.9 Å². The zero-order chi connectivity index (χ0) is 44.2. The van der Waals surface area contributed by atoms with E-state index in [2.05, 4.69) is 37.8 Å². The maximum atomic E-state index is 13.4. The topological polar surface area (TPSA) is 168 Å². The van der Waals surface area contributed by atoms with Crippen LogP contribution >= 0.6 is 11.6 Å². The number of urea groups is 1. The smallest absolute Gasteiger partial charge is 0.323 e. The van der Waals surface area contributed by atoms with E-state index in [0.717, 1.165) is 6.29 Å². The molecular formula is C47H55ClN6O6. The summed E-state index contributed by atoms with van der Waals surface area (Å²) in [5.41, 5.74) is 4.08. The number of hydrogen-bond acceptors (Lipinski definition) is 9. The lowest BCUT2D eigenvalue weighted by Crippen LogP contribution is -2.42. The lowest BCUT2D eigenvalue weighted by molar-refractivity contribution is -0.119. The van der Waals surface area contributed by atoms with Crippen molar-refractivity contribution in [3.05, 3.63) is 112 Å². The van der Waals surface area contributed by atoms with E-state index >= 15 is 0 Å². The number of pyridine rings is 2. The number of ketones is 3. The molecule has 3 heterocycles. The van der Waals surface area contributed by atoms with Gasteiger partial charge in [-0.15, -0.1) is 0 Å². The van der Waals surface area contributed by atoms with Gasteiger partial charge in [-0.1, -0.05) is 70.3 Å². The van der Waals surface area contributed by atoms with E-state index in [1.165, 1.54) is 26.1 Å². The molecule has 4 aromatic rings. The first-order chi connectivity index (χ1) is 28.8. The molecule has 1 atom stereocenters. The highest BCUT2D eigenvalue weighted by Gasteiger charge is 2.25. The number of nitrogens with zero attached hydrogens (tertiary/aromatic N) is 3. The molecule has 316 valence electrons. The van der Waals surface area contributed by atoms with E-state index in [9.17, 15) is 28.8 Å². The van der Waals surface area contributed by atoms with E-state index in [-0.39, 0.29) is 40.4 Å². The van der Waals surface area contributed by atoms with Crippen LogP contribution in [0.1, 0.15) is 123 Å². The molecule has 13 heteroatoms. The minimum Gasteiger partial charge on any atom is -0.382 e. The molecule has 3 amide bonds. The number of Topliss-reactive ketones (excluding diaryl/α,β-unsaturated/α-hetero) is 3. The number of piperidine rings is 1. The van der Waals surface area contributed by atoms with Gasteiger partial charge in [0.2, 0.25) is 0 Å². The molecule has 2 aromatic carbocycles. The average molecular weight is 835 g/mol. The summed E-state index contributed by atoms with van der Waals surface area (Å²) in [7, 11) is 0. The first-order valence-corrected chi connectivity index (χ1v) is 20.6. The zero-order valence-corrected chi connectivity index (χ0v) is 36.2. The molecule has 1 unspecified atom stereocenters. The predicted octanol–water partition coefficient (Wildman–Crippen LogP) is 9.54. The van der Waals surface area contributed by atoms with Crippen LogP contribution in [0.25, 0.3) is 0 Å². The number of aldehydes is 1. The van der Waals surface area contributed by atoms with E-state index in [0.29, 0.717) is 96.1 Å². The van der Waals surface area contributed by atoms with Gasteiger partial charge in [-0.2, -0.15) is 0 Å². The lowest BCUT2D eigenvalue weighted by Gasteiger charge is -2.33. The summed E-state index contributed by atoms with van der Waals surface area (Å²) in [6.45, 7) is 13.9. The van der Waals surface area contributed by atoms with E-state index in [1.807, 2.05) is 51.7 Å². The number of likely N-dealkylation sites (tertiary alicyclic amines) is 1. The van der Waals surface area contributed by atoms with Gasteiger partial charge in [0.15, 0.2) is 11.6 Å². The number of benzene rings is 2. The molecule has 0 saturated carbocycles. The maximum Gasteiger partial charge on any atom is 0.323 e. The van der Waals surface area contributed by atoms with Crippen LogP contribution in [0.3, 0.4) is 0 Å². The molecule has 1 saturated heterocycles. The molecule has 0 aliphatic carbocycles. The van der Waals surface area contributed by atoms with Crippen LogP contribution in [0.4, 0.5) is 21.9 Å². The highest BCUT2D eigenvalue weighted by Crippen LogP contribution is 2.25. The second-order valence-electron chi connectivity index (χ2n) is 14.2. The third-order valence-corrected chi connectivity index (χ3v) is 9.77. The van der Waals surface area contributed by atoms with Crippen LogP contribution in [0.15, 0.2) is 79.1 Å². The van der Waals surface area contributed by atoms with Gasteiger partial charge in [-0.3, -0.25) is 19.2 Å². The van der Waals surface area contributed by atoms with Crippen LogP contribution in [-0.2, 0) is 9.59 Å². The first-order valence-electron chi connectivity index (χ1n) is 20.2. The Bertz CT molecular complexity index is 2190. The molecule has 60 heavy (non-hydrogen) atoms. The van der Waals surface area contributed by atoms with E-state index in [4.69, 9.17) is 11.6 Å². The fraction of sp³-hybridized carbons (Fsp3) is 0.362. The van der Waals surface area contributed by atoms with Crippen LogP contribution in [0.5, 0.6) is 0 Å². The Balaban J connectivity index is 0.000000592. The Morgan fingerprint density at radius 1 is 0.867 bits per heavy atom. The van der Waals surface area contributed by atoms with Gasteiger partial charge >= 0.3 is 6.03 Å². The van der Waals surface area contributed by atoms with Crippen molar-refractivity contribution < 1.29 is 28.8 Å². The number of anilines is 3. The molecule has 1 aliphatic heterocycles. The third kappa shape index (κ3) is 15.2. The molecule has 12 nitrogen and oxygen atoms in total. The number of hydrogen-bond donors (Lipinski definition) is 3. The van der Waals surface area contributed by atoms with Crippen molar-refractivity contribution in [2.24, 2.45) is 11.8 Å². The zero-order valence-electron chi connectivity index (χ0n) is 35.4. The van der Waals surface area contributed by atoms with Gasteiger partial charge in [-0.25, -0.2) is 14.8 Å². The molecule has 2 aromatic heterocycles. The van der Waals surface area contributed by atoms with Crippen LogP contribution < -0.4 is 16.0 Å². The number of nitrogens with one attached hydrogen (secondary N) is 3. The summed E-state index contributed by atoms with van der Waals surface area (Å²) in [5, 5.41) is 9.11. The van der Waals surface area contributed by atoms with Gasteiger partial charge in [0.25, 0.3) is 5.91 Å². The third-order valence-electron chi connectivity index (χ3n) is 9.57. The summed E-state index contributed by atoms with van der Waals surface area (Å²) in [6, 6.07) is 18.4. The van der Waals surface area contributed by atoms with Crippen molar-refractivity contribution in [2.75, 3.05) is 29.0 Å². The SMILES string of the molecule is CC.CC(=O)c1cccc(NC2CCN(C(=O)c3cccc(C#Cc4cc(NC(=O)Nc5ccnc(Cl)c5)ccn4)c3)CC2)c1C(C)=O.CCC(=O)CCC(C=O)C(C)C. The van der Waals surface area contributed by atoms with Crippen LogP contribution in [0, 0.1) is 23.7 Å². The van der Waals surface area contributed by atoms with Gasteiger partial charge in [0, 0.05) is 84.0 Å². The molecule has 1 fully saturated rings. The normalized spacial score (nSPS) is 12.5. The second-order valence-corrected chi connectivity index (χ2v) is 14.6. The van der Waals surface area contributed by atoms with Gasteiger partial charge in [-0.05, 0) is 93.5 Å². The summed E-state index contributed by atoms with van der Waals surface area (Å²) in [5.74, 6) is 6.30. The number of carbonyl (C=O) groups is 6. The van der Waals surface area contributed by atoms with Gasteiger partial charge in [0.1, 0.15) is 22.9 Å². The summed E-state index contributed by atoms with van der Waals surface area (Å²) in [6.07, 6.45) is 7.24. The minimum absolute atomic E-state index is 0.0551. The van der Waals surface area contributed by atoms with Crippen LogP contribution in [-0.4, -0.2) is 69.6 Å². The highest BCUT2D eigenvalue weighted by molar-refractivity contribution is 6.29. The van der Waals surface area contributed by atoms with E-state index in [1.54, 1.807) is 54.7 Å².